The van der Waals surface area contributed by atoms with Crippen LogP contribution in [-0.4, -0.2) is 124 Å². The van der Waals surface area contributed by atoms with E-state index in [2.05, 4.69) is 44.9 Å². The highest BCUT2D eigenvalue weighted by Gasteiger charge is 2.29. The number of piperazine rings is 1. The highest BCUT2D eigenvalue weighted by atomic mass is 32.2. The number of anilines is 2. The predicted octanol–water partition coefficient (Wildman–Crippen LogP) is 3.39. The Morgan fingerprint density at radius 2 is 1.69 bits per heavy atom. The molecule has 262 valence electrons. The number of likely N-dealkylation sites (tertiary alicyclic amines) is 1. The van der Waals surface area contributed by atoms with Crippen LogP contribution in [0.15, 0.2) is 36.4 Å². The number of carbonyl (C=O) groups is 2. The third-order valence-corrected chi connectivity index (χ3v) is 10.1. The van der Waals surface area contributed by atoms with Crippen LogP contribution >= 0.6 is 0 Å². The number of nitrogens with one attached hydrogen (secondary N) is 2. The van der Waals surface area contributed by atoms with Crippen molar-refractivity contribution < 1.29 is 22.7 Å². The van der Waals surface area contributed by atoms with E-state index in [1.165, 1.54) is 7.11 Å². The van der Waals surface area contributed by atoms with Gasteiger partial charge in [-0.15, -0.1) is 0 Å². The van der Waals surface area contributed by atoms with Crippen molar-refractivity contribution in [2.75, 3.05) is 83.3 Å². The Hall–Kier alpha value is -3.65. The van der Waals surface area contributed by atoms with E-state index in [9.17, 15) is 18.0 Å². The van der Waals surface area contributed by atoms with Gasteiger partial charge in [0, 0.05) is 64.3 Å². The van der Waals surface area contributed by atoms with Crippen molar-refractivity contribution in [1.82, 2.24) is 24.2 Å². The predicted molar refractivity (Wildman–Crippen MR) is 191 cm³/mol. The zero-order valence-electron chi connectivity index (χ0n) is 29.6. The summed E-state index contributed by atoms with van der Waals surface area (Å²) in [6.07, 6.45) is 2.18. The van der Waals surface area contributed by atoms with Crippen LogP contribution in [0.1, 0.15) is 48.8 Å². The number of methoxy groups -OCH3 is 1. The lowest BCUT2D eigenvalue weighted by Gasteiger charge is -2.35. The monoisotopic (exact) mass is 681 g/mol. The van der Waals surface area contributed by atoms with Crippen molar-refractivity contribution in [3.63, 3.8) is 0 Å². The summed E-state index contributed by atoms with van der Waals surface area (Å²) in [6, 6.07) is 12.1. The number of carbonyl (C=O) groups excluding carboxylic acids is 2. The lowest BCUT2D eigenvalue weighted by molar-refractivity contribution is -0.134. The molecule has 0 radical (unpaired) electrons. The van der Waals surface area contributed by atoms with Gasteiger partial charge in [0.05, 0.1) is 36.8 Å². The molecule has 3 aromatic rings. The fourth-order valence-electron chi connectivity index (χ4n) is 6.75. The molecule has 2 amide bonds. The molecule has 1 aromatic heterocycles. The maximum Gasteiger partial charge on any atom is 0.272 e. The minimum Gasteiger partial charge on any atom is -0.492 e. The first kappa shape index (κ1) is 35.7. The van der Waals surface area contributed by atoms with Gasteiger partial charge >= 0.3 is 0 Å². The van der Waals surface area contributed by atoms with E-state index in [1.54, 1.807) is 6.07 Å². The molecular formula is C35H51N7O5S. The minimum atomic E-state index is -3.60. The number of aryl methyl sites for hydroxylation is 1. The molecule has 2 fully saturated rings. The second kappa shape index (κ2) is 14.1. The van der Waals surface area contributed by atoms with Crippen molar-refractivity contribution in [3.05, 3.63) is 53.2 Å². The topological polar surface area (TPSA) is 119 Å². The number of fused-ring (bicyclic) bond motifs is 1. The van der Waals surface area contributed by atoms with Gasteiger partial charge in [-0.3, -0.25) is 24.1 Å². The fourth-order valence-corrected chi connectivity index (χ4v) is 7.30. The molecule has 2 aliphatic rings. The number of nitrogens with zero attached hydrogens (tertiary/aromatic N) is 5. The molecule has 0 spiro atoms. The van der Waals surface area contributed by atoms with Crippen molar-refractivity contribution in [2.45, 2.75) is 45.2 Å². The van der Waals surface area contributed by atoms with Gasteiger partial charge in [0.25, 0.3) is 5.91 Å². The number of rotatable bonds is 10. The highest BCUT2D eigenvalue weighted by Crippen LogP contribution is 2.39. The van der Waals surface area contributed by atoms with Gasteiger partial charge < -0.3 is 24.4 Å². The summed E-state index contributed by atoms with van der Waals surface area (Å²) in [5.74, 6) is 0.103. The largest absolute Gasteiger partial charge is 0.492 e. The van der Waals surface area contributed by atoms with Crippen LogP contribution in [0, 0.1) is 0 Å². The van der Waals surface area contributed by atoms with Crippen molar-refractivity contribution >= 4 is 44.1 Å². The fraction of sp³-hybridized carbons (Fsp3) is 0.543. The molecule has 12 nitrogen and oxygen atoms in total. The molecule has 13 heteroatoms. The minimum absolute atomic E-state index is 0.207. The van der Waals surface area contributed by atoms with E-state index in [4.69, 9.17) is 4.74 Å². The average Bonchev–Trinajstić information content (AvgIpc) is 3.61. The average molecular weight is 682 g/mol. The molecule has 0 aliphatic carbocycles. The lowest BCUT2D eigenvalue weighted by atomic mass is 9.86. The Morgan fingerprint density at radius 1 is 1.00 bits per heavy atom. The third-order valence-electron chi connectivity index (χ3n) is 9.53. The molecule has 2 saturated heterocycles. The quantitative estimate of drug-likeness (QED) is 0.335. The molecule has 0 bridgehead atoms. The molecule has 0 unspecified atom stereocenters. The molecule has 3 heterocycles. The second-order valence-corrected chi connectivity index (χ2v) is 16.2. The highest BCUT2D eigenvalue weighted by molar-refractivity contribution is 7.92. The Balaban J connectivity index is 1.30. The van der Waals surface area contributed by atoms with Crippen molar-refractivity contribution in [1.29, 1.82) is 0 Å². The Labute approximate surface area is 285 Å². The first-order valence-corrected chi connectivity index (χ1v) is 18.4. The van der Waals surface area contributed by atoms with E-state index in [0.29, 0.717) is 43.6 Å². The van der Waals surface area contributed by atoms with Crippen LogP contribution in [0.3, 0.4) is 0 Å². The normalized spacial score (nSPS) is 18.1. The number of likely N-dealkylation sites (N-methyl/N-ethyl adjacent to an activating group) is 1. The third kappa shape index (κ3) is 8.13. The second-order valence-electron chi connectivity index (χ2n) is 14.4. The van der Waals surface area contributed by atoms with Gasteiger partial charge in [-0.1, -0.05) is 39.0 Å². The summed E-state index contributed by atoms with van der Waals surface area (Å²) in [6.45, 7) is 12.1. The maximum atomic E-state index is 13.8. The Bertz CT molecular complexity index is 1770. The van der Waals surface area contributed by atoms with Crippen molar-refractivity contribution in [2.24, 2.45) is 7.05 Å². The van der Waals surface area contributed by atoms with E-state index >= 15 is 0 Å². The summed E-state index contributed by atoms with van der Waals surface area (Å²) in [5.41, 5.74) is 3.69. The van der Waals surface area contributed by atoms with Gasteiger partial charge in [0.15, 0.2) is 5.75 Å². The summed E-state index contributed by atoms with van der Waals surface area (Å²) < 4.78 is 34.4. The first-order chi connectivity index (χ1) is 22.5. The number of sulfonamides is 1. The van der Waals surface area contributed by atoms with Crippen LogP contribution in [0.25, 0.3) is 10.9 Å². The molecule has 48 heavy (non-hydrogen) atoms. The van der Waals surface area contributed by atoms with Gasteiger partial charge in [-0.05, 0) is 55.3 Å². The summed E-state index contributed by atoms with van der Waals surface area (Å²) >= 11 is 0. The SMILES string of the molecule is COc1c(NC(=O)c2cc3cccc(CN4CCN(C(=O)CN5CC[C@@H](N(C)C)C5)CC4)c3n2C)cc(C(C)(C)C)cc1NS(C)(=O)=O. The molecule has 5 rings (SSSR count). The molecule has 2 N–H and O–H groups in total. The summed E-state index contributed by atoms with van der Waals surface area (Å²) in [5, 5.41) is 3.94. The maximum absolute atomic E-state index is 13.8. The van der Waals surface area contributed by atoms with Crippen LogP contribution < -0.4 is 14.8 Å². The van der Waals surface area contributed by atoms with Gasteiger partial charge in [-0.25, -0.2) is 8.42 Å². The Kier molecular flexibility index (Phi) is 10.4. The molecule has 0 saturated carbocycles. The number of benzene rings is 2. The van der Waals surface area contributed by atoms with Crippen LogP contribution in [0.5, 0.6) is 5.75 Å². The zero-order valence-corrected chi connectivity index (χ0v) is 30.4. The van der Waals surface area contributed by atoms with Gasteiger partial charge in [0.1, 0.15) is 5.69 Å². The number of amides is 2. The molecule has 1 atom stereocenters. The van der Waals surface area contributed by atoms with Gasteiger partial charge in [-0.2, -0.15) is 0 Å². The summed E-state index contributed by atoms with van der Waals surface area (Å²) in [7, 11) is 3.93. The van der Waals surface area contributed by atoms with Crippen LogP contribution in [0.2, 0.25) is 0 Å². The number of hydrogen-bond acceptors (Lipinski definition) is 8. The van der Waals surface area contributed by atoms with Crippen LogP contribution in [0.4, 0.5) is 11.4 Å². The summed E-state index contributed by atoms with van der Waals surface area (Å²) in [4.78, 5) is 35.8. The number of para-hydroxylation sites is 1. The smallest absolute Gasteiger partial charge is 0.272 e. The Morgan fingerprint density at radius 3 is 2.29 bits per heavy atom. The van der Waals surface area contributed by atoms with E-state index in [-0.39, 0.29) is 28.7 Å². The molecule has 2 aliphatic heterocycles. The lowest BCUT2D eigenvalue weighted by Crippen LogP contribution is -2.50. The zero-order chi connectivity index (χ0) is 35.0. The van der Waals surface area contributed by atoms with E-state index < -0.39 is 10.0 Å². The number of hydrogen-bond donors (Lipinski definition) is 2. The van der Waals surface area contributed by atoms with E-state index in [0.717, 1.165) is 60.9 Å². The van der Waals surface area contributed by atoms with E-state index in [1.807, 2.05) is 61.6 Å². The number of ether oxygens (including phenoxy) is 1. The van der Waals surface area contributed by atoms with Crippen molar-refractivity contribution in [3.8, 4) is 5.75 Å². The molecule has 2 aromatic carbocycles. The van der Waals surface area contributed by atoms with Gasteiger partial charge in [0.2, 0.25) is 15.9 Å². The first-order valence-electron chi connectivity index (χ1n) is 16.5. The van der Waals surface area contributed by atoms with Crippen LogP contribution in [-0.2, 0) is 33.8 Å². The standard InChI is InChI=1S/C35H51N7O5S/c1-35(2,3)26-19-28(33(47-7)29(20-26)37-48(8,45)46)36-34(44)30-18-24-10-9-11-25(32(24)39(30)6)21-40-14-16-42(17-15-40)31(43)23-41-13-12-27(22-41)38(4)5/h9-11,18-20,27,37H,12-17,21-23H2,1-8H3,(H,36,44)/t27-/m1/s1. The number of aromatic nitrogens is 1. The molecular weight excluding hydrogens is 630 g/mol.